The fraction of sp³-hybridized carbons (Fsp3) is 0.467. The van der Waals surface area contributed by atoms with Crippen LogP contribution in [0.4, 0.5) is 5.69 Å². The average molecular weight is 339 g/mol. The van der Waals surface area contributed by atoms with Gasteiger partial charge in [-0.3, -0.25) is 9.59 Å². The maximum Gasteiger partial charge on any atom is 0.264 e. The molecule has 0 radical (unpaired) electrons. The number of rotatable bonds is 4. The summed E-state index contributed by atoms with van der Waals surface area (Å²) in [4.78, 5) is 25.1. The zero-order valence-electron chi connectivity index (χ0n) is 13.2. The normalized spacial score (nSPS) is 19.1. The number of hydrogen-bond donors (Lipinski definition) is 2. The van der Waals surface area contributed by atoms with Gasteiger partial charge in [-0.1, -0.05) is 0 Å². The molecule has 1 saturated heterocycles. The van der Waals surface area contributed by atoms with Crippen molar-refractivity contribution in [3.8, 4) is 0 Å². The van der Waals surface area contributed by atoms with Crippen molar-refractivity contribution >= 4 is 27.5 Å². The second-order valence-electron chi connectivity index (χ2n) is 5.78. The van der Waals surface area contributed by atoms with E-state index in [9.17, 15) is 18.0 Å². The van der Waals surface area contributed by atoms with E-state index in [-0.39, 0.29) is 16.7 Å². The molecular weight excluding hydrogens is 318 g/mol. The quantitative estimate of drug-likeness (QED) is 0.846. The van der Waals surface area contributed by atoms with Gasteiger partial charge in [0.1, 0.15) is 0 Å². The average Bonchev–Trinajstić information content (AvgIpc) is 2.46. The molecule has 0 spiro atoms. The van der Waals surface area contributed by atoms with E-state index >= 15 is 0 Å². The standard InChI is InChI=1S/C15H21N3O4S/c1-11(19)16-13-5-7-14(8-6-13)23(21,22)17-15(20)12-4-3-9-18(2)10-12/h5-8,12H,3-4,9-10H2,1-2H3,(H,16,19)(H,17,20). The van der Waals surface area contributed by atoms with Gasteiger partial charge in [-0.15, -0.1) is 0 Å². The number of piperidine rings is 1. The molecule has 1 heterocycles. The number of sulfonamides is 1. The van der Waals surface area contributed by atoms with Crippen LogP contribution in [0.15, 0.2) is 29.2 Å². The second-order valence-corrected chi connectivity index (χ2v) is 7.46. The van der Waals surface area contributed by atoms with Crippen LogP contribution in [0.1, 0.15) is 19.8 Å². The van der Waals surface area contributed by atoms with Crippen molar-refractivity contribution in [2.75, 3.05) is 25.5 Å². The van der Waals surface area contributed by atoms with Crippen LogP contribution in [0.25, 0.3) is 0 Å². The first-order valence-corrected chi connectivity index (χ1v) is 8.89. The Balaban J connectivity index is 2.06. The third kappa shape index (κ3) is 4.77. The summed E-state index contributed by atoms with van der Waals surface area (Å²) in [6, 6.07) is 5.67. The van der Waals surface area contributed by atoms with E-state index in [2.05, 4.69) is 10.0 Å². The fourth-order valence-electron chi connectivity index (χ4n) is 2.58. The van der Waals surface area contributed by atoms with Gasteiger partial charge in [0.25, 0.3) is 10.0 Å². The van der Waals surface area contributed by atoms with E-state index < -0.39 is 15.9 Å². The van der Waals surface area contributed by atoms with Gasteiger partial charge >= 0.3 is 0 Å². The predicted molar refractivity (Wildman–Crippen MR) is 86.3 cm³/mol. The monoisotopic (exact) mass is 339 g/mol. The van der Waals surface area contributed by atoms with Crippen LogP contribution in [0.5, 0.6) is 0 Å². The number of carbonyl (C=O) groups excluding carboxylic acids is 2. The van der Waals surface area contributed by atoms with Crippen LogP contribution in [0.2, 0.25) is 0 Å². The maximum absolute atomic E-state index is 12.3. The first-order chi connectivity index (χ1) is 10.8. The van der Waals surface area contributed by atoms with Gasteiger partial charge in [-0.2, -0.15) is 0 Å². The Morgan fingerprint density at radius 2 is 1.87 bits per heavy atom. The summed E-state index contributed by atoms with van der Waals surface area (Å²) in [5.41, 5.74) is 0.497. The lowest BCUT2D eigenvalue weighted by molar-refractivity contribution is -0.124. The van der Waals surface area contributed by atoms with Gasteiger partial charge in [0.15, 0.2) is 0 Å². The molecule has 0 bridgehead atoms. The maximum atomic E-state index is 12.3. The minimum absolute atomic E-state index is 0.0101. The molecule has 0 saturated carbocycles. The molecule has 1 aliphatic rings. The van der Waals surface area contributed by atoms with Crippen molar-refractivity contribution in [3.05, 3.63) is 24.3 Å². The minimum atomic E-state index is -3.90. The molecule has 8 heteroatoms. The minimum Gasteiger partial charge on any atom is -0.326 e. The first-order valence-electron chi connectivity index (χ1n) is 7.41. The molecule has 1 atom stereocenters. The van der Waals surface area contributed by atoms with Gasteiger partial charge in [-0.25, -0.2) is 13.1 Å². The zero-order chi connectivity index (χ0) is 17.0. The lowest BCUT2D eigenvalue weighted by Crippen LogP contribution is -2.43. The highest BCUT2D eigenvalue weighted by molar-refractivity contribution is 7.90. The summed E-state index contributed by atoms with van der Waals surface area (Å²) in [6.07, 6.45) is 1.56. The Hall–Kier alpha value is -1.93. The number of benzene rings is 1. The van der Waals surface area contributed by atoms with Crippen LogP contribution in [0.3, 0.4) is 0 Å². The van der Waals surface area contributed by atoms with Crippen LogP contribution in [0, 0.1) is 5.92 Å². The number of hydrogen-bond acceptors (Lipinski definition) is 5. The van der Waals surface area contributed by atoms with Crippen LogP contribution < -0.4 is 10.0 Å². The van der Waals surface area contributed by atoms with Crippen molar-refractivity contribution in [2.24, 2.45) is 5.92 Å². The zero-order valence-corrected chi connectivity index (χ0v) is 14.0. The van der Waals surface area contributed by atoms with Gasteiger partial charge in [0.2, 0.25) is 11.8 Å². The Morgan fingerprint density at radius 1 is 1.22 bits per heavy atom. The summed E-state index contributed by atoms with van der Waals surface area (Å²) in [6.45, 7) is 2.84. The number of anilines is 1. The topological polar surface area (TPSA) is 95.6 Å². The predicted octanol–water partition coefficient (Wildman–Crippen LogP) is 0.792. The highest BCUT2D eigenvalue weighted by Gasteiger charge is 2.27. The van der Waals surface area contributed by atoms with E-state index in [4.69, 9.17) is 0 Å². The third-order valence-corrected chi connectivity index (χ3v) is 5.08. The Bertz CT molecular complexity index is 685. The van der Waals surface area contributed by atoms with E-state index in [0.29, 0.717) is 18.7 Å². The van der Waals surface area contributed by atoms with Gasteiger partial charge in [0.05, 0.1) is 10.8 Å². The lowest BCUT2D eigenvalue weighted by atomic mass is 9.98. The molecule has 1 aliphatic heterocycles. The highest BCUT2D eigenvalue weighted by Crippen LogP contribution is 2.18. The molecule has 23 heavy (non-hydrogen) atoms. The van der Waals surface area contributed by atoms with Crippen LogP contribution >= 0.6 is 0 Å². The van der Waals surface area contributed by atoms with Crippen LogP contribution in [-0.4, -0.2) is 45.3 Å². The largest absolute Gasteiger partial charge is 0.326 e. The molecule has 2 rings (SSSR count). The molecule has 1 aromatic rings. The van der Waals surface area contributed by atoms with Crippen LogP contribution in [-0.2, 0) is 19.6 Å². The molecule has 1 fully saturated rings. The SMILES string of the molecule is CC(=O)Nc1ccc(S(=O)(=O)NC(=O)C2CCCN(C)C2)cc1. The van der Waals surface area contributed by atoms with Gasteiger partial charge in [0, 0.05) is 19.2 Å². The number of likely N-dealkylation sites (tertiary alicyclic amines) is 1. The van der Waals surface area contributed by atoms with Crippen molar-refractivity contribution in [2.45, 2.75) is 24.7 Å². The molecule has 1 aromatic carbocycles. The van der Waals surface area contributed by atoms with E-state index in [1.807, 2.05) is 11.9 Å². The first kappa shape index (κ1) is 17.4. The summed E-state index contributed by atoms with van der Waals surface area (Å²) in [7, 11) is -1.99. The third-order valence-electron chi connectivity index (χ3n) is 3.72. The highest BCUT2D eigenvalue weighted by atomic mass is 32.2. The molecule has 0 aromatic heterocycles. The van der Waals surface area contributed by atoms with E-state index in [1.54, 1.807) is 0 Å². The number of nitrogens with one attached hydrogen (secondary N) is 2. The van der Waals surface area contributed by atoms with Gasteiger partial charge < -0.3 is 10.2 Å². The number of amides is 2. The lowest BCUT2D eigenvalue weighted by Gasteiger charge is -2.28. The molecule has 126 valence electrons. The Labute approximate surface area is 136 Å². The number of carbonyl (C=O) groups is 2. The number of nitrogens with zero attached hydrogens (tertiary/aromatic N) is 1. The summed E-state index contributed by atoms with van der Waals surface area (Å²) in [5, 5.41) is 2.55. The summed E-state index contributed by atoms with van der Waals surface area (Å²) in [5.74, 6) is -1.03. The van der Waals surface area contributed by atoms with E-state index in [1.165, 1.54) is 31.2 Å². The molecule has 1 unspecified atom stereocenters. The van der Waals surface area contributed by atoms with Gasteiger partial charge in [-0.05, 0) is 50.7 Å². The Morgan fingerprint density at radius 3 is 2.43 bits per heavy atom. The van der Waals surface area contributed by atoms with E-state index in [0.717, 1.165) is 13.0 Å². The molecular formula is C15H21N3O4S. The smallest absolute Gasteiger partial charge is 0.264 e. The fourth-order valence-corrected chi connectivity index (χ4v) is 3.62. The Kier molecular flexibility index (Phi) is 5.38. The molecule has 2 N–H and O–H groups in total. The van der Waals surface area contributed by atoms with Crippen molar-refractivity contribution in [1.82, 2.24) is 9.62 Å². The molecule has 2 amide bonds. The van der Waals surface area contributed by atoms with Crippen molar-refractivity contribution in [3.63, 3.8) is 0 Å². The van der Waals surface area contributed by atoms with Crippen molar-refractivity contribution in [1.29, 1.82) is 0 Å². The molecule has 7 nitrogen and oxygen atoms in total. The molecule has 0 aliphatic carbocycles. The summed E-state index contributed by atoms with van der Waals surface area (Å²) >= 11 is 0. The summed E-state index contributed by atoms with van der Waals surface area (Å²) < 4.78 is 26.7. The van der Waals surface area contributed by atoms with Crippen molar-refractivity contribution < 1.29 is 18.0 Å². The second kappa shape index (κ2) is 7.10.